The fourth-order valence-corrected chi connectivity index (χ4v) is 1.83. The van der Waals surface area contributed by atoms with Crippen molar-refractivity contribution in [2.24, 2.45) is 0 Å². The van der Waals surface area contributed by atoms with Gasteiger partial charge in [0.25, 0.3) is 0 Å². The van der Waals surface area contributed by atoms with Crippen molar-refractivity contribution in [1.82, 2.24) is 9.55 Å². The van der Waals surface area contributed by atoms with E-state index in [1.165, 1.54) is 0 Å². The summed E-state index contributed by atoms with van der Waals surface area (Å²) >= 11 is 3.30. The van der Waals surface area contributed by atoms with Crippen LogP contribution in [0.25, 0.3) is 0 Å². The first-order valence-electron chi connectivity index (χ1n) is 5.24. The summed E-state index contributed by atoms with van der Waals surface area (Å²) in [5.74, 6) is 0.324. The zero-order chi connectivity index (χ0) is 12.4. The highest BCUT2D eigenvalue weighted by molar-refractivity contribution is 9.10. The summed E-state index contributed by atoms with van der Waals surface area (Å²) in [5, 5.41) is 0. The van der Waals surface area contributed by atoms with Gasteiger partial charge in [-0.1, -0.05) is 0 Å². The van der Waals surface area contributed by atoms with Gasteiger partial charge >= 0.3 is 0 Å². The molecule has 4 nitrogen and oxygen atoms in total. The molecule has 1 aromatic carbocycles. The Morgan fingerprint density at radius 1 is 1.53 bits per heavy atom. The van der Waals surface area contributed by atoms with E-state index < -0.39 is 0 Å². The largest absolute Gasteiger partial charge is 0.398 e. The van der Waals surface area contributed by atoms with Crippen LogP contribution in [0.5, 0.6) is 0 Å². The molecule has 0 spiro atoms. The molecule has 0 aliphatic rings. The Kier molecular flexibility index (Phi) is 3.28. The van der Waals surface area contributed by atoms with E-state index in [2.05, 4.69) is 20.9 Å². The number of ketones is 1. The van der Waals surface area contributed by atoms with E-state index in [9.17, 15) is 4.79 Å². The lowest BCUT2D eigenvalue weighted by molar-refractivity contribution is 0.102. The van der Waals surface area contributed by atoms with Gasteiger partial charge in [-0.15, -0.1) is 0 Å². The highest BCUT2D eigenvalue weighted by atomic mass is 79.9. The molecule has 0 saturated carbocycles. The van der Waals surface area contributed by atoms with Crippen molar-refractivity contribution in [3.05, 3.63) is 46.5 Å². The molecule has 5 heteroatoms. The van der Waals surface area contributed by atoms with Crippen molar-refractivity contribution in [1.29, 1.82) is 0 Å². The molecule has 0 bridgehead atoms. The van der Waals surface area contributed by atoms with Crippen LogP contribution in [0.2, 0.25) is 0 Å². The number of benzene rings is 1. The van der Waals surface area contributed by atoms with Gasteiger partial charge in [0.15, 0.2) is 5.82 Å². The molecule has 2 aromatic rings. The summed E-state index contributed by atoms with van der Waals surface area (Å²) in [7, 11) is 0. The Balaban J connectivity index is 2.40. The van der Waals surface area contributed by atoms with Crippen molar-refractivity contribution < 1.29 is 4.79 Å². The summed E-state index contributed by atoms with van der Waals surface area (Å²) < 4.78 is 2.59. The number of hydrogen-bond acceptors (Lipinski definition) is 3. The third-order valence-corrected chi connectivity index (χ3v) is 3.24. The predicted octanol–water partition coefficient (Wildman–Crippen LogP) is 2.48. The van der Waals surface area contributed by atoms with Gasteiger partial charge in [0.05, 0.1) is 0 Å². The van der Waals surface area contributed by atoms with E-state index in [0.29, 0.717) is 23.6 Å². The van der Waals surface area contributed by atoms with Crippen LogP contribution in [0.1, 0.15) is 23.1 Å². The van der Waals surface area contributed by atoms with E-state index in [1.54, 1.807) is 35.2 Å². The number of anilines is 1. The minimum Gasteiger partial charge on any atom is -0.398 e. The molecular formula is C12H12BrN3O. The first-order chi connectivity index (χ1) is 8.13. The van der Waals surface area contributed by atoms with Gasteiger partial charge < -0.3 is 10.3 Å². The van der Waals surface area contributed by atoms with Crippen molar-refractivity contribution in [2.75, 3.05) is 5.73 Å². The third kappa shape index (κ3) is 2.24. The number of rotatable bonds is 3. The van der Waals surface area contributed by atoms with Gasteiger partial charge in [0.1, 0.15) is 0 Å². The molecule has 2 rings (SSSR count). The van der Waals surface area contributed by atoms with Gasteiger partial charge in [-0.3, -0.25) is 4.79 Å². The second-order valence-corrected chi connectivity index (χ2v) is 4.46. The summed E-state index contributed by atoms with van der Waals surface area (Å²) in [6.07, 6.45) is 3.41. The number of nitrogen functional groups attached to an aromatic ring is 1. The van der Waals surface area contributed by atoms with Crippen LogP contribution < -0.4 is 5.73 Å². The molecular weight excluding hydrogens is 282 g/mol. The van der Waals surface area contributed by atoms with E-state index in [-0.39, 0.29) is 5.78 Å². The molecule has 1 heterocycles. The Morgan fingerprint density at radius 3 is 2.94 bits per heavy atom. The van der Waals surface area contributed by atoms with Crippen molar-refractivity contribution in [3.63, 3.8) is 0 Å². The lowest BCUT2D eigenvalue weighted by Gasteiger charge is -2.05. The second kappa shape index (κ2) is 4.71. The van der Waals surface area contributed by atoms with Gasteiger partial charge in [0.2, 0.25) is 5.78 Å². The molecule has 0 radical (unpaired) electrons. The molecule has 0 atom stereocenters. The molecule has 1 aromatic heterocycles. The maximum atomic E-state index is 12.2. The summed E-state index contributed by atoms with van der Waals surface area (Å²) in [6, 6.07) is 5.15. The Morgan fingerprint density at radius 2 is 2.29 bits per heavy atom. The summed E-state index contributed by atoms with van der Waals surface area (Å²) in [6.45, 7) is 2.68. The van der Waals surface area contributed by atoms with Crippen LogP contribution in [0, 0.1) is 0 Å². The molecule has 0 aliphatic heterocycles. The predicted molar refractivity (Wildman–Crippen MR) is 69.9 cm³/mol. The number of aryl methyl sites for hydroxylation is 1. The Hall–Kier alpha value is -1.62. The lowest BCUT2D eigenvalue weighted by atomic mass is 10.1. The van der Waals surface area contributed by atoms with Gasteiger partial charge in [0, 0.05) is 34.7 Å². The topological polar surface area (TPSA) is 60.9 Å². The standard InChI is InChI=1S/C12H12BrN3O/c1-2-16-6-5-15-12(16)11(17)8-3-4-9(13)10(14)7-8/h3-7H,2,14H2,1H3. The smallest absolute Gasteiger partial charge is 0.228 e. The van der Waals surface area contributed by atoms with Gasteiger partial charge in [-0.2, -0.15) is 0 Å². The highest BCUT2D eigenvalue weighted by Crippen LogP contribution is 2.21. The summed E-state index contributed by atoms with van der Waals surface area (Å²) in [5.41, 5.74) is 6.85. The molecule has 0 amide bonds. The molecule has 88 valence electrons. The van der Waals surface area contributed by atoms with Crippen LogP contribution in [0.4, 0.5) is 5.69 Å². The van der Waals surface area contributed by atoms with Crippen LogP contribution >= 0.6 is 15.9 Å². The number of imidazole rings is 1. The average Bonchev–Trinajstić information content (AvgIpc) is 2.80. The van der Waals surface area contributed by atoms with Crippen molar-refractivity contribution >= 4 is 27.4 Å². The minimum absolute atomic E-state index is 0.115. The van der Waals surface area contributed by atoms with Crippen LogP contribution in [-0.4, -0.2) is 15.3 Å². The molecule has 0 unspecified atom stereocenters. The monoisotopic (exact) mass is 293 g/mol. The SMILES string of the molecule is CCn1ccnc1C(=O)c1ccc(Br)c(N)c1. The third-order valence-electron chi connectivity index (χ3n) is 2.52. The Bertz CT molecular complexity index is 563. The fourth-order valence-electron chi connectivity index (χ4n) is 1.59. The van der Waals surface area contributed by atoms with Crippen LogP contribution in [0.15, 0.2) is 35.1 Å². The lowest BCUT2D eigenvalue weighted by Crippen LogP contribution is -2.10. The van der Waals surface area contributed by atoms with Gasteiger partial charge in [-0.05, 0) is 41.1 Å². The van der Waals surface area contributed by atoms with E-state index in [0.717, 1.165) is 4.47 Å². The number of aromatic nitrogens is 2. The van der Waals surface area contributed by atoms with Crippen molar-refractivity contribution in [2.45, 2.75) is 13.5 Å². The van der Waals surface area contributed by atoms with Crippen LogP contribution in [0.3, 0.4) is 0 Å². The first-order valence-corrected chi connectivity index (χ1v) is 6.03. The van der Waals surface area contributed by atoms with Crippen LogP contribution in [-0.2, 0) is 6.54 Å². The maximum Gasteiger partial charge on any atom is 0.228 e. The molecule has 0 saturated heterocycles. The number of halogens is 1. The molecule has 17 heavy (non-hydrogen) atoms. The fraction of sp³-hybridized carbons (Fsp3) is 0.167. The number of carbonyl (C=O) groups excluding carboxylic acids is 1. The average molecular weight is 294 g/mol. The zero-order valence-electron chi connectivity index (χ0n) is 9.35. The van der Waals surface area contributed by atoms with Gasteiger partial charge in [-0.25, -0.2) is 4.98 Å². The number of carbonyl (C=O) groups is 1. The number of nitrogens with zero attached hydrogens (tertiary/aromatic N) is 2. The number of nitrogens with two attached hydrogens (primary N) is 1. The molecule has 0 fully saturated rings. The highest BCUT2D eigenvalue weighted by Gasteiger charge is 2.15. The summed E-state index contributed by atoms with van der Waals surface area (Å²) in [4.78, 5) is 16.3. The number of hydrogen-bond donors (Lipinski definition) is 1. The Labute approximate surface area is 108 Å². The molecule has 2 N–H and O–H groups in total. The van der Waals surface area contributed by atoms with E-state index >= 15 is 0 Å². The second-order valence-electron chi connectivity index (χ2n) is 3.60. The van der Waals surface area contributed by atoms with E-state index in [1.807, 2.05) is 6.92 Å². The molecule has 0 aliphatic carbocycles. The first kappa shape index (κ1) is 11.9. The quantitative estimate of drug-likeness (QED) is 0.699. The minimum atomic E-state index is -0.115. The zero-order valence-corrected chi connectivity index (χ0v) is 10.9. The van der Waals surface area contributed by atoms with Crippen molar-refractivity contribution in [3.8, 4) is 0 Å². The maximum absolute atomic E-state index is 12.2. The normalized spacial score (nSPS) is 10.5. The van der Waals surface area contributed by atoms with E-state index in [4.69, 9.17) is 5.73 Å².